The highest BCUT2D eigenvalue weighted by molar-refractivity contribution is 14.1. The standard InChI is InChI=1S/C13H17ClINO3/c1-13(2,3)16-12(17)9-7(15)6-8(18-4)11(19-5)10(9)14/h6H,1-5H3,(H,16,17). The van der Waals surface area contributed by atoms with Crippen molar-refractivity contribution in [3.63, 3.8) is 0 Å². The number of ether oxygens (including phenoxy) is 2. The Kier molecular flexibility index (Phi) is 5.32. The third kappa shape index (κ3) is 3.89. The minimum atomic E-state index is -0.337. The normalized spacial score (nSPS) is 11.1. The van der Waals surface area contributed by atoms with Crippen molar-refractivity contribution >= 4 is 40.1 Å². The van der Waals surface area contributed by atoms with Crippen LogP contribution in [0.25, 0.3) is 0 Å². The van der Waals surface area contributed by atoms with E-state index < -0.39 is 0 Å². The van der Waals surface area contributed by atoms with Crippen molar-refractivity contribution in [3.8, 4) is 11.5 Å². The molecule has 1 N–H and O–H groups in total. The highest BCUT2D eigenvalue weighted by Gasteiger charge is 2.24. The first-order valence-electron chi connectivity index (χ1n) is 5.63. The number of methoxy groups -OCH3 is 2. The second kappa shape index (κ2) is 6.17. The second-order valence-corrected chi connectivity index (χ2v) is 6.53. The molecule has 6 heteroatoms. The van der Waals surface area contributed by atoms with Gasteiger partial charge in [-0.2, -0.15) is 0 Å². The predicted molar refractivity (Wildman–Crippen MR) is 84.5 cm³/mol. The van der Waals surface area contributed by atoms with Gasteiger partial charge in [-0.05, 0) is 49.4 Å². The first-order valence-corrected chi connectivity index (χ1v) is 7.09. The zero-order valence-corrected chi connectivity index (χ0v) is 14.5. The molecule has 19 heavy (non-hydrogen) atoms. The summed E-state index contributed by atoms with van der Waals surface area (Å²) in [4.78, 5) is 12.3. The van der Waals surface area contributed by atoms with Crippen LogP contribution in [0.2, 0.25) is 5.02 Å². The van der Waals surface area contributed by atoms with Crippen LogP contribution in [-0.2, 0) is 0 Å². The Morgan fingerprint density at radius 2 is 1.89 bits per heavy atom. The van der Waals surface area contributed by atoms with Crippen LogP contribution in [-0.4, -0.2) is 25.7 Å². The summed E-state index contributed by atoms with van der Waals surface area (Å²) in [5.74, 6) is 0.635. The van der Waals surface area contributed by atoms with Crippen molar-refractivity contribution in [1.29, 1.82) is 0 Å². The van der Waals surface area contributed by atoms with Crippen LogP contribution in [0.4, 0.5) is 0 Å². The number of rotatable bonds is 3. The van der Waals surface area contributed by atoms with Gasteiger partial charge in [0.05, 0.1) is 19.8 Å². The first-order chi connectivity index (χ1) is 8.71. The predicted octanol–water partition coefficient (Wildman–Crippen LogP) is 3.49. The van der Waals surface area contributed by atoms with Gasteiger partial charge in [0.1, 0.15) is 5.02 Å². The number of hydrogen-bond donors (Lipinski definition) is 1. The molecule has 4 nitrogen and oxygen atoms in total. The number of nitrogens with one attached hydrogen (secondary N) is 1. The van der Waals surface area contributed by atoms with Gasteiger partial charge in [0.2, 0.25) is 0 Å². The second-order valence-electron chi connectivity index (χ2n) is 4.99. The molecule has 1 rings (SSSR count). The number of hydrogen-bond acceptors (Lipinski definition) is 3. The fourth-order valence-electron chi connectivity index (χ4n) is 1.53. The smallest absolute Gasteiger partial charge is 0.254 e. The molecule has 0 heterocycles. The average Bonchev–Trinajstić information content (AvgIpc) is 2.25. The first kappa shape index (κ1) is 16.4. The van der Waals surface area contributed by atoms with Gasteiger partial charge in [-0.15, -0.1) is 0 Å². The average molecular weight is 398 g/mol. The molecule has 106 valence electrons. The van der Waals surface area contributed by atoms with Gasteiger partial charge in [-0.1, -0.05) is 11.6 Å². The van der Waals surface area contributed by atoms with E-state index in [1.807, 2.05) is 20.8 Å². The van der Waals surface area contributed by atoms with Crippen LogP contribution in [0.1, 0.15) is 31.1 Å². The summed E-state index contributed by atoms with van der Waals surface area (Å²) in [5.41, 5.74) is 0.0613. The number of carbonyl (C=O) groups is 1. The Bertz CT molecular complexity index is 498. The zero-order valence-electron chi connectivity index (χ0n) is 11.6. The minimum Gasteiger partial charge on any atom is -0.493 e. The number of amides is 1. The fraction of sp³-hybridized carbons (Fsp3) is 0.462. The van der Waals surface area contributed by atoms with E-state index >= 15 is 0 Å². The molecule has 0 radical (unpaired) electrons. The molecule has 0 atom stereocenters. The topological polar surface area (TPSA) is 47.6 Å². The van der Waals surface area contributed by atoms with Crippen molar-refractivity contribution in [2.75, 3.05) is 14.2 Å². The lowest BCUT2D eigenvalue weighted by atomic mass is 10.1. The highest BCUT2D eigenvalue weighted by Crippen LogP contribution is 2.40. The van der Waals surface area contributed by atoms with Crippen LogP contribution in [0.3, 0.4) is 0 Å². The molecule has 0 unspecified atom stereocenters. The molecule has 1 aromatic carbocycles. The number of carbonyl (C=O) groups excluding carboxylic acids is 1. The lowest BCUT2D eigenvalue weighted by molar-refractivity contribution is 0.0918. The summed E-state index contributed by atoms with van der Waals surface area (Å²) in [6.45, 7) is 5.73. The maximum atomic E-state index is 12.3. The quantitative estimate of drug-likeness (QED) is 0.794. The van der Waals surface area contributed by atoms with E-state index in [1.54, 1.807) is 6.07 Å². The molecule has 0 saturated carbocycles. The highest BCUT2D eigenvalue weighted by atomic mass is 127. The Morgan fingerprint density at radius 3 is 2.32 bits per heavy atom. The lowest BCUT2D eigenvalue weighted by Gasteiger charge is -2.22. The van der Waals surface area contributed by atoms with Crippen LogP contribution >= 0.6 is 34.2 Å². The monoisotopic (exact) mass is 397 g/mol. The van der Waals surface area contributed by atoms with Gasteiger partial charge in [0, 0.05) is 9.11 Å². The molecule has 0 saturated heterocycles. The molecule has 1 aromatic rings. The fourth-order valence-corrected chi connectivity index (χ4v) is 2.85. The minimum absolute atomic E-state index is 0.233. The molecule has 0 aliphatic rings. The van der Waals surface area contributed by atoms with Gasteiger partial charge >= 0.3 is 0 Å². The van der Waals surface area contributed by atoms with E-state index in [9.17, 15) is 4.79 Å². The van der Waals surface area contributed by atoms with Crippen LogP contribution in [0.15, 0.2) is 6.07 Å². The van der Waals surface area contributed by atoms with E-state index in [-0.39, 0.29) is 16.5 Å². The Labute approximate surface area is 131 Å². The molecule has 0 aliphatic carbocycles. The van der Waals surface area contributed by atoms with E-state index in [4.69, 9.17) is 21.1 Å². The van der Waals surface area contributed by atoms with Crippen molar-refractivity contribution in [3.05, 3.63) is 20.2 Å². The molecule has 0 aliphatic heterocycles. The van der Waals surface area contributed by atoms with Gasteiger partial charge in [-0.25, -0.2) is 0 Å². The molecular formula is C13H17ClINO3. The maximum Gasteiger partial charge on any atom is 0.254 e. The third-order valence-corrected chi connectivity index (χ3v) is 3.49. The van der Waals surface area contributed by atoms with E-state index in [1.165, 1.54) is 14.2 Å². The van der Waals surface area contributed by atoms with Gasteiger partial charge in [0.25, 0.3) is 5.91 Å². The third-order valence-electron chi connectivity index (χ3n) is 2.28. The Balaban J connectivity index is 3.32. The van der Waals surface area contributed by atoms with Crippen molar-refractivity contribution in [2.45, 2.75) is 26.3 Å². The van der Waals surface area contributed by atoms with Crippen LogP contribution < -0.4 is 14.8 Å². The van der Waals surface area contributed by atoms with E-state index in [0.29, 0.717) is 20.6 Å². The molecule has 1 amide bonds. The SMILES string of the molecule is COc1cc(I)c(C(=O)NC(C)(C)C)c(Cl)c1OC. The summed E-state index contributed by atoms with van der Waals surface area (Å²) in [5, 5.41) is 3.14. The largest absolute Gasteiger partial charge is 0.493 e. The molecule has 0 bridgehead atoms. The number of halogens is 2. The lowest BCUT2D eigenvalue weighted by Crippen LogP contribution is -2.41. The summed E-state index contributed by atoms with van der Waals surface area (Å²) >= 11 is 8.31. The van der Waals surface area contributed by atoms with Gasteiger partial charge < -0.3 is 14.8 Å². The van der Waals surface area contributed by atoms with Crippen molar-refractivity contribution in [1.82, 2.24) is 5.32 Å². The van der Waals surface area contributed by atoms with Crippen LogP contribution in [0.5, 0.6) is 11.5 Å². The van der Waals surface area contributed by atoms with Crippen molar-refractivity contribution in [2.24, 2.45) is 0 Å². The summed E-state index contributed by atoms with van der Waals surface area (Å²) < 4.78 is 11.1. The summed E-state index contributed by atoms with van der Waals surface area (Å²) in [7, 11) is 3.02. The summed E-state index contributed by atoms with van der Waals surface area (Å²) in [6.07, 6.45) is 0. The summed E-state index contributed by atoms with van der Waals surface area (Å²) in [6, 6.07) is 1.73. The Hall–Kier alpha value is -0.690. The van der Waals surface area contributed by atoms with Gasteiger partial charge in [0.15, 0.2) is 11.5 Å². The molecule has 0 aromatic heterocycles. The van der Waals surface area contributed by atoms with Crippen LogP contribution in [0, 0.1) is 3.57 Å². The molecule has 0 spiro atoms. The van der Waals surface area contributed by atoms with Gasteiger partial charge in [-0.3, -0.25) is 4.79 Å². The van der Waals surface area contributed by atoms with E-state index in [2.05, 4.69) is 27.9 Å². The maximum absolute atomic E-state index is 12.3. The Morgan fingerprint density at radius 1 is 1.32 bits per heavy atom. The molecule has 0 fully saturated rings. The van der Waals surface area contributed by atoms with Crippen molar-refractivity contribution < 1.29 is 14.3 Å². The van der Waals surface area contributed by atoms with E-state index in [0.717, 1.165) is 0 Å². The zero-order chi connectivity index (χ0) is 14.8. The molecular weight excluding hydrogens is 381 g/mol. The number of benzene rings is 1.